The van der Waals surface area contributed by atoms with Gasteiger partial charge in [0, 0.05) is 31.0 Å². The van der Waals surface area contributed by atoms with Gasteiger partial charge >= 0.3 is 0 Å². The van der Waals surface area contributed by atoms with E-state index in [9.17, 15) is 9.59 Å². The quantitative estimate of drug-likeness (QED) is 0.275. The Hall–Kier alpha value is -2.69. The zero-order chi connectivity index (χ0) is 21.9. The molecule has 3 rings (SSSR count). The standard InChI is InChI=1S/C26H27ClO3Si/c27-25(28)17-10-18-26(29)30-31(19-22-11-4-1-5-12-22,20-23-13-6-2-7-14-23)21-24-15-8-3-9-16-24/h1-9,11-16H,10,17-21H2. The molecule has 0 heterocycles. The second-order valence-corrected chi connectivity index (χ2v) is 11.9. The molecule has 0 amide bonds. The van der Waals surface area contributed by atoms with Crippen LogP contribution in [0.4, 0.5) is 0 Å². The van der Waals surface area contributed by atoms with E-state index in [2.05, 4.69) is 36.4 Å². The van der Waals surface area contributed by atoms with Crippen LogP contribution in [-0.2, 0) is 32.1 Å². The molecule has 0 aliphatic heterocycles. The average molecular weight is 451 g/mol. The summed E-state index contributed by atoms with van der Waals surface area (Å²) in [5.41, 5.74) is 3.51. The number of rotatable bonds is 11. The van der Waals surface area contributed by atoms with Crippen molar-refractivity contribution in [2.24, 2.45) is 0 Å². The van der Waals surface area contributed by atoms with Crippen molar-refractivity contribution in [2.75, 3.05) is 0 Å². The predicted octanol–water partition coefficient (Wildman–Crippen LogP) is 5.76. The third-order valence-corrected chi connectivity index (χ3v) is 9.20. The van der Waals surface area contributed by atoms with Gasteiger partial charge in [-0.1, -0.05) is 91.0 Å². The average Bonchev–Trinajstić information content (AvgIpc) is 2.75. The molecule has 0 atom stereocenters. The Morgan fingerprint density at radius 3 is 1.39 bits per heavy atom. The smallest absolute Gasteiger partial charge is 0.292 e. The van der Waals surface area contributed by atoms with Crippen LogP contribution >= 0.6 is 11.6 Å². The van der Waals surface area contributed by atoms with Crippen molar-refractivity contribution in [1.82, 2.24) is 0 Å². The summed E-state index contributed by atoms with van der Waals surface area (Å²) in [6, 6.07) is 32.9. The lowest BCUT2D eigenvalue weighted by Crippen LogP contribution is -2.49. The Kier molecular flexibility index (Phi) is 8.62. The van der Waals surface area contributed by atoms with Crippen molar-refractivity contribution in [2.45, 2.75) is 37.4 Å². The maximum absolute atomic E-state index is 12.9. The van der Waals surface area contributed by atoms with Crippen LogP contribution in [0, 0.1) is 0 Å². The molecule has 0 bridgehead atoms. The van der Waals surface area contributed by atoms with E-state index in [1.54, 1.807) is 0 Å². The zero-order valence-corrected chi connectivity index (χ0v) is 19.3. The highest BCUT2D eigenvalue weighted by Gasteiger charge is 2.39. The van der Waals surface area contributed by atoms with Gasteiger partial charge in [-0.2, -0.15) is 0 Å². The number of carbonyl (C=O) groups excluding carboxylic acids is 2. The zero-order valence-electron chi connectivity index (χ0n) is 17.5. The molecule has 160 valence electrons. The molecule has 3 nitrogen and oxygen atoms in total. The molecule has 3 aromatic carbocycles. The fraction of sp³-hybridized carbons (Fsp3) is 0.231. The lowest BCUT2D eigenvalue weighted by molar-refractivity contribution is -0.135. The van der Waals surface area contributed by atoms with Crippen LogP contribution in [0.1, 0.15) is 36.0 Å². The molecule has 0 spiro atoms. The highest BCUT2D eigenvalue weighted by molar-refractivity contribution is 6.73. The van der Waals surface area contributed by atoms with Crippen molar-refractivity contribution in [3.63, 3.8) is 0 Å². The van der Waals surface area contributed by atoms with E-state index < -0.39 is 13.6 Å². The third-order valence-electron chi connectivity index (χ3n) is 5.19. The summed E-state index contributed by atoms with van der Waals surface area (Å²) in [7, 11) is -2.63. The van der Waals surface area contributed by atoms with Gasteiger partial charge in [-0.05, 0) is 34.7 Å². The molecule has 5 heteroatoms. The van der Waals surface area contributed by atoms with Gasteiger partial charge in [-0.25, -0.2) is 0 Å². The van der Waals surface area contributed by atoms with E-state index in [0.717, 1.165) is 18.1 Å². The first-order valence-electron chi connectivity index (χ1n) is 10.6. The molecule has 0 saturated carbocycles. The minimum absolute atomic E-state index is 0.182. The van der Waals surface area contributed by atoms with Crippen LogP contribution < -0.4 is 0 Å². The van der Waals surface area contributed by atoms with Crippen LogP contribution in [0.3, 0.4) is 0 Å². The normalized spacial score (nSPS) is 11.1. The van der Waals surface area contributed by atoms with Crippen LogP contribution in [0.5, 0.6) is 0 Å². The van der Waals surface area contributed by atoms with E-state index >= 15 is 0 Å². The van der Waals surface area contributed by atoms with Gasteiger partial charge in [0.05, 0.1) is 0 Å². The molecule has 0 saturated heterocycles. The van der Waals surface area contributed by atoms with Crippen molar-refractivity contribution >= 4 is 31.1 Å². The fourth-order valence-electron chi connectivity index (χ4n) is 3.86. The van der Waals surface area contributed by atoms with Gasteiger partial charge in [-0.15, -0.1) is 0 Å². The first kappa shape index (κ1) is 23.0. The summed E-state index contributed by atoms with van der Waals surface area (Å²) in [6.45, 7) is 0. The summed E-state index contributed by atoms with van der Waals surface area (Å²) in [5.74, 6) is -0.243. The Labute approximate surface area is 190 Å². The number of benzene rings is 3. The second kappa shape index (κ2) is 11.6. The van der Waals surface area contributed by atoms with Gasteiger partial charge in [0.1, 0.15) is 0 Å². The van der Waals surface area contributed by atoms with Gasteiger partial charge in [0.25, 0.3) is 14.3 Å². The first-order valence-corrected chi connectivity index (χ1v) is 13.5. The lowest BCUT2D eigenvalue weighted by atomic mass is 10.2. The number of halogens is 1. The molecular formula is C26H27ClO3Si. The molecule has 3 aromatic rings. The SMILES string of the molecule is O=C(Cl)CCCC(=O)O[Si](Cc1ccccc1)(Cc1ccccc1)Cc1ccccc1. The van der Waals surface area contributed by atoms with Crippen LogP contribution in [0.15, 0.2) is 91.0 Å². The van der Waals surface area contributed by atoms with Gasteiger partial charge in [0.2, 0.25) is 5.24 Å². The summed E-state index contributed by atoms with van der Waals surface area (Å²) in [6.07, 6.45) is 0.792. The molecule has 0 aliphatic carbocycles. The summed E-state index contributed by atoms with van der Waals surface area (Å²) in [5, 5.41) is -0.422. The Morgan fingerprint density at radius 2 is 1.03 bits per heavy atom. The van der Waals surface area contributed by atoms with Crippen LogP contribution in [0.2, 0.25) is 0 Å². The van der Waals surface area contributed by atoms with Crippen LogP contribution in [-0.4, -0.2) is 19.5 Å². The van der Waals surface area contributed by atoms with Gasteiger partial charge in [0.15, 0.2) is 0 Å². The predicted molar refractivity (Wildman–Crippen MR) is 127 cm³/mol. The number of carbonyl (C=O) groups is 2. The minimum Gasteiger partial charge on any atom is -0.518 e. The molecule has 31 heavy (non-hydrogen) atoms. The van der Waals surface area contributed by atoms with Gasteiger partial charge in [-0.3, -0.25) is 9.59 Å². The van der Waals surface area contributed by atoms with E-state index in [0.29, 0.717) is 6.42 Å². The molecule has 0 radical (unpaired) electrons. The van der Waals surface area contributed by atoms with E-state index in [1.165, 1.54) is 16.7 Å². The van der Waals surface area contributed by atoms with Crippen molar-refractivity contribution in [3.8, 4) is 0 Å². The first-order chi connectivity index (χ1) is 15.0. The minimum atomic E-state index is -2.63. The van der Waals surface area contributed by atoms with Crippen molar-refractivity contribution in [3.05, 3.63) is 108 Å². The highest BCUT2D eigenvalue weighted by atomic mass is 35.5. The Bertz CT molecular complexity index is 860. The fourth-order valence-corrected chi connectivity index (χ4v) is 8.11. The van der Waals surface area contributed by atoms with Crippen LogP contribution in [0.25, 0.3) is 0 Å². The Balaban J connectivity index is 1.92. The van der Waals surface area contributed by atoms with E-state index in [-0.39, 0.29) is 18.8 Å². The second-order valence-electron chi connectivity index (χ2n) is 7.85. The monoisotopic (exact) mass is 450 g/mol. The number of hydrogen-bond acceptors (Lipinski definition) is 3. The van der Waals surface area contributed by atoms with Gasteiger partial charge < -0.3 is 4.43 Å². The van der Waals surface area contributed by atoms with E-state index in [4.69, 9.17) is 16.0 Å². The van der Waals surface area contributed by atoms with E-state index in [1.807, 2.05) is 54.6 Å². The molecule has 0 aliphatic rings. The molecule has 0 aromatic heterocycles. The molecule has 0 fully saturated rings. The van der Waals surface area contributed by atoms with Crippen molar-refractivity contribution < 1.29 is 14.0 Å². The highest BCUT2D eigenvalue weighted by Crippen LogP contribution is 2.25. The summed E-state index contributed by atoms with van der Waals surface area (Å²) < 4.78 is 6.38. The lowest BCUT2D eigenvalue weighted by Gasteiger charge is -2.32. The molecular weight excluding hydrogens is 424 g/mol. The summed E-state index contributed by atoms with van der Waals surface area (Å²) >= 11 is 5.43. The molecule has 0 unspecified atom stereocenters. The Morgan fingerprint density at radius 1 is 0.645 bits per heavy atom. The maximum atomic E-state index is 12.9. The largest absolute Gasteiger partial charge is 0.518 e. The van der Waals surface area contributed by atoms with Crippen molar-refractivity contribution in [1.29, 1.82) is 0 Å². The number of hydrogen-bond donors (Lipinski definition) is 0. The third kappa shape index (κ3) is 7.81. The summed E-state index contributed by atoms with van der Waals surface area (Å²) in [4.78, 5) is 23.9. The molecule has 0 N–H and O–H groups in total. The maximum Gasteiger partial charge on any atom is 0.292 e. The topological polar surface area (TPSA) is 43.4 Å².